The molecule has 0 aliphatic carbocycles. The molecule has 2 aromatic carbocycles. The van der Waals surface area contributed by atoms with Crippen LogP contribution in [0.25, 0.3) is 0 Å². The number of hydrogen-bond acceptors (Lipinski definition) is 3. The molecule has 2 amide bonds. The zero-order valence-electron chi connectivity index (χ0n) is 16.5. The van der Waals surface area contributed by atoms with Crippen LogP contribution in [-0.4, -0.2) is 42.1 Å². The molecule has 0 aromatic heterocycles. The Balaban J connectivity index is 1.50. The molecule has 0 saturated carbocycles. The smallest absolute Gasteiger partial charge is 0.230 e. The van der Waals surface area contributed by atoms with E-state index in [-0.39, 0.29) is 17.1 Å². The molecule has 0 bridgehead atoms. The van der Waals surface area contributed by atoms with Gasteiger partial charge >= 0.3 is 0 Å². The van der Waals surface area contributed by atoms with Crippen molar-refractivity contribution in [2.24, 2.45) is 0 Å². The molecule has 1 saturated heterocycles. The van der Waals surface area contributed by atoms with Crippen molar-refractivity contribution >= 4 is 35.2 Å². The van der Waals surface area contributed by atoms with Crippen molar-refractivity contribution in [3.05, 3.63) is 70.7 Å². The quantitative estimate of drug-likeness (QED) is 0.661. The Labute approximate surface area is 182 Å². The first-order chi connectivity index (χ1) is 14.1. The molecule has 1 aliphatic rings. The van der Waals surface area contributed by atoms with Gasteiger partial charge in [-0.15, -0.1) is 11.8 Å². The van der Waals surface area contributed by atoms with Gasteiger partial charge in [0.05, 0.1) is 11.0 Å². The first-order valence-electron chi connectivity index (χ1n) is 10.1. The number of hydrogen-bond donors (Lipinski definition) is 1. The Morgan fingerprint density at radius 2 is 1.62 bits per heavy atom. The largest absolute Gasteiger partial charge is 0.355 e. The summed E-state index contributed by atoms with van der Waals surface area (Å²) in [6.45, 7) is 2.09. The van der Waals surface area contributed by atoms with Crippen molar-refractivity contribution in [1.29, 1.82) is 0 Å². The van der Waals surface area contributed by atoms with Crippen LogP contribution < -0.4 is 5.32 Å². The maximum atomic E-state index is 12.3. The molecule has 4 nitrogen and oxygen atoms in total. The van der Waals surface area contributed by atoms with E-state index >= 15 is 0 Å². The molecule has 0 radical (unpaired) electrons. The summed E-state index contributed by atoms with van der Waals surface area (Å²) in [7, 11) is 0. The summed E-state index contributed by atoms with van der Waals surface area (Å²) in [6.07, 6.45) is 3.74. The Hall–Kier alpha value is -1.98. The van der Waals surface area contributed by atoms with Gasteiger partial charge in [0.1, 0.15) is 0 Å². The van der Waals surface area contributed by atoms with E-state index in [1.54, 1.807) is 11.8 Å². The van der Waals surface area contributed by atoms with Gasteiger partial charge in [-0.3, -0.25) is 9.59 Å². The molecule has 1 unspecified atom stereocenters. The van der Waals surface area contributed by atoms with Crippen molar-refractivity contribution in [2.45, 2.75) is 30.9 Å². The van der Waals surface area contributed by atoms with Crippen LogP contribution >= 0.6 is 23.4 Å². The maximum absolute atomic E-state index is 12.3. The predicted octanol–water partition coefficient (Wildman–Crippen LogP) is 4.68. The van der Waals surface area contributed by atoms with Crippen LogP contribution in [0.4, 0.5) is 0 Å². The summed E-state index contributed by atoms with van der Waals surface area (Å²) in [6, 6.07) is 17.9. The van der Waals surface area contributed by atoms with Crippen molar-refractivity contribution in [2.75, 3.05) is 25.4 Å². The lowest BCUT2D eigenvalue weighted by Crippen LogP contribution is -2.38. The third-order valence-corrected chi connectivity index (χ3v) is 6.58. The van der Waals surface area contributed by atoms with Crippen molar-refractivity contribution < 1.29 is 9.59 Å². The highest BCUT2D eigenvalue weighted by atomic mass is 35.5. The minimum Gasteiger partial charge on any atom is -0.355 e. The van der Waals surface area contributed by atoms with Gasteiger partial charge in [-0.05, 0) is 42.5 Å². The number of nitrogens with one attached hydrogen (secondary N) is 1. The number of halogens is 1. The number of rotatable bonds is 8. The molecular formula is C23H27ClN2O2S. The van der Waals surface area contributed by atoms with Gasteiger partial charge in [0.15, 0.2) is 0 Å². The van der Waals surface area contributed by atoms with Crippen molar-refractivity contribution in [3.63, 3.8) is 0 Å². The highest BCUT2D eigenvalue weighted by Gasteiger charge is 2.18. The van der Waals surface area contributed by atoms with E-state index in [2.05, 4.69) is 17.4 Å². The Bertz CT molecular complexity index is 792. The summed E-state index contributed by atoms with van der Waals surface area (Å²) >= 11 is 7.60. The summed E-state index contributed by atoms with van der Waals surface area (Å²) in [5, 5.41) is 3.64. The van der Waals surface area contributed by atoms with E-state index in [4.69, 9.17) is 11.6 Å². The van der Waals surface area contributed by atoms with E-state index in [1.807, 2.05) is 47.4 Å². The normalized spacial score (nSPS) is 15.0. The number of thioether (sulfide) groups is 1. The van der Waals surface area contributed by atoms with Crippen LogP contribution in [0.2, 0.25) is 5.02 Å². The van der Waals surface area contributed by atoms with E-state index < -0.39 is 0 Å². The molecular weight excluding hydrogens is 404 g/mol. The zero-order chi connectivity index (χ0) is 20.5. The highest BCUT2D eigenvalue weighted by molar-refractivity contribution is 8.00. The molecule has 1 atom stereocenters. The first kappa shape index (κ1) is 21.7. The number of carbonyl (C=O) groups is 2. The van der Waals surface area contributed by atoms with E-state index in [0.29, 0.717) is 23.7 Å². The minimum absolute atomic E-state index is 0.0451. The molecule has 1 fully saturated rings. The van der Waals surface area contributed by atoms with Crippen molar-refractivity contribution in [1.82, 2.24) is 10.2 Å². The number of carbonyl (C=O) groups excluding carboxylic acids is 2. The summed E-state index contributed by atoms with van der Waals surface area (Å²) in [4.78, 5) is 26.5. The van der Waals surface area contributed by atoms with Crippen LogP contribution in [0.15, 0.2) is 54.6 Å². The fourth-order valence-electron chi connectivity index (χ4n) is 3.47. The van der Waals surface area contributed by atoms with Gasteiger partial charge in [0, 0.05) is 31.1 Å². The van der Waals surface area contributed by atoms with Gasteiger partial charge in [-0.1, -0.05) is 54.1 Å². The number of benzene rings is 2. The average molecular weight is 431 g/mol. The van der Waals surface area contributed by atoms with Crippen LogP contribution in [0, 0.1) is 0 Å². The van der Waals surface area contributed by atoms with Gasteiger partial charge in [0.2, 0.25) is 11.8 Å². The topological polar surface area (TPSA) is 49.4 Å². The molecule has 1 N–H and O–H groups in total. The molecule has 1 aliphatic heterocycles. The van der Waals surface area contributed by atoms with E-state index in [9.17, 15) is 9.59 Å². The maximum Gasteiger partial charge on any atom is 0.230 e. The summed E-state index contributed by atoms with van der Waals surface area (Å²) < 4.78 is 0. The Morgan fingerprint density at radius 1 is 0.966 bits per heavy atom. The fraction of sp³-hybridized carbons (Fsp3) is 0.391. The van der Waals surface area contributed by atoms with Crippen LogP contribution in [0.1, 0.15) is 42.1 Å². The van der Waals surface area contributed by atoms with E-state index in [0.717, 1.165) is 37.1 Å². The lowest BCUT2D eigenvalue weighted by Gasteiger charge is -2.26. The molecule has 154 valence electrons. The number of piperidine rings is 1. The SMILES string of the molecule is O=C(CSC(c1ccccc1)c1ccc(Cl)cc1)NCCC(=O)N1CCCCC1. The van der Waals surface area contributed by atoms with Crippen molar-refractivity contribution in [3.8, 4) is 0 Å². The summed E-state index contributed by atoms with van der Waals surface area (Å²) in [5.41, 5.74) is 2.26. The molecule has 6 heteroatoms. The standard InChI is InChI=1S/C23H27ClN2O2S/c24-20-11-9-19(10-12-20)23(18-7-3-1-4-8-18)29-17-21(27)25-14-13-22(28)26-15-5-2-6-16-26/h1,3-4,7-12,23H,2,5-6,13-17H2,(H,25,27). The molecule has 2 aromatic rings. The van der Waals surface area contributed by atoms with Crippen LogP contribution in [-0.2, 0) is 9.59 Å². The van der Waals surface area contributed by atoms with Gasteiger partial charge < -0.3 is 10.2 Å². The minimum atomic E-state index is -0.0451. The Kier molecular flexibility index (Phi) is 8.44. The Morgan fingerprint density at radius 3 is 2.31 bits per heavy atom. The third kappa shape index (κ3) is 6.79. The second-order valence-electron chi connectivity index (χ2n) is 7.19. The molecule has 29 heavy (non-hydrogen) atoms. The number of amides is 2. The molecule has 0 spiro atoms. The second-order valence-corrected chi connectivity index (χ2v) is 8.72. The van der Waals surface area contributed by atoms with Gasteiger partial charge in [-0.25, -0.2) is 0 Å². The van der Waals surface area contributed by atoms with Gasteiger partial charge in [0.25, 0.3) is 0 Å². The fourth-order valence-corrected chi connectivity index (χ4v) is 4.72. The van der Waals surface area contributed by atoms with Gasteiger partial charge in [-0.2, -0.15) is 0 Å². The zero-order valence-corrected chi connectivity index (χ0v) is 18.1. The monoisotopic (exact) mass is 430 g/mol. The number of likely N-dealkylation sites (tertiary alicyclic amines) is 1. The number of nitrogens with zero attached hydrogens (tertiary/aromatic N) is 1. The second kappa shape index (κ2) is 11.3. The summed E-state index contributed by atoms with van der Waals surface area (Å²) in [5.74, 6) is 0.428. The highest BCUT2D eigenvalue weighted by Crippen LogP contribution is 2.35. The average Bonchev–Trinajstić information content (AvgIpc) is 2.76. The lowest BCUT2D eigenvalue weighted by molar-refractivity contribution is -0.132. The molecule has 1 heterocycles. The predicted molar refractivity (Wildman–Crippen MR) is 120 cm³/mol. The molecule has 3 rings (SSSR count). The third-order valence-electron chi connectivity index (χ3n) is 5.03. The first-order valence-corrected chi connectivity index (χ1v) is 11.5. The van der Waals surface area contributed by atoms with E-state index in [1.165, 1.54) is 6.42 Å². The lowest BCUT2D eigenvalue weighted by atomic mass is 10.0. The van der Waals surface area contributed by atoms with Crippen LogP contribution in [0.3, 0.4) is 0 Å². The van der Waals surface area contributed by atoms with Crippen LogP contribution in [0.5, 0.6) is 0 Å².